The molecule has 106 valence electrons. The predicted octanol–water partition coefficient (Wildman–Crippen LogP) is 4.65. The Kier molecular flexibility index (Phi) is 4.78. The summed E-state index contributed by atoms with van der Waals surface area (Å²) in [6.07, 6.45) is 13.7. The second-order valence-electron chi connectivity index (χ2n) is 5.63. The average molecular weight is 268 g/mol. The molecular weight excluding hydrogens is 244 g/mol. The van der Waals surface area contributed by atoms with Crippen molar-refractivity contribution in [2.45, 2.75) is 40.0 Å². The largest absolute Gasteiger partial charge is 0.347 e. The molecule has 1 N–H and O–H groups in total. The van der Waals surface area contributed by atoms with Gasteiger partial charge in [-0.05, 0) is 38.3 Å². The van der Waals surface area contributed by atoms with E-state index in [4.69, 9.17) is 4.99 Å². The highest BCUT2D eigenvalue weighted by Crippen LogP contribution is 2.24. The highest BCUT2D eigenvalue weighted by atomic mass is 15.0. The van der Waals surface area contributed by atoms with E-state index in [2.05, 4.69) is 57.0 Å². The molecule has 0 fully saturated rings. The van der Waals surface area contributed by atoms with Crippen molar-refractivity contribution in [2.24, 2.45) is 10.9 Å². The minimum atomic E-state index is 0.409. The van der Waals surface area contributed by atoms with Crippen molar-refractivity contribution in [2.75, 3.05) is 0 Å². The summed E-state index contributed by atoms with van der Waals surface area (Å²) in [6.45, 7) is 10.3. The van der Waals surface area contributed by atoms with Crippen molar-refractivity contribution in [3.05, 3.63) is 59.5 Å². The van der Waals surface area contributed by atoms with E-state index in [1.807, 2.05) is 6.08 Å². The van der Waals surface area contributed by atoms with Gasteiger partial charge < -0.3 is 5.32 Å². The molecule has 0 aromatic carbocycles. The van der Waals surface area contributed by atoms with E-state index in [0.717, 1.165) is 30.8 Å². The fourth-order valence-corrected chi connectivity index (χ4v) is 2.43. The number of aliphatic imine (C=N–C) groups is 1. The predicted molar refractivity (Wildman–Crippen MR) is 87.5 cm³/mol. The van der Waals surface area contributed by atoms with Crippen LogP contribution in [0.4, 0.5) is 0 Å². The summed E-state index contributed by atoms with van der Waals surface area (Å²) in [5.74, 6) is 1.48. The van der Waals surface area contributed by atoms with Gasteiger partial charge in [-0.15, -0.1) is 0 Å². The van der Waals surface area contributed by atoms with Gasteiger partial charge >= 0.3 is 0 Å². The molecule has 2 heteroatoms. The minimum Gasteiger partial charge on any atom is -0.347 e. The SMILES string of the molecule is C=CC1=C(C)N=C(N/C2=C/C=C(/C)CC=CC2)[C@H](C)C1. The van der Waals surface area contributed by atoms with Crippen molar-refractivity contribution in [3.63, 3.8) is 0 Å². The molecule has 0 aromatic rings. The Morgan fingerprint density at radius 1 is 1.25 bits per heavy atom. The lowest BCUT2D eigenvalue weighted by Crippen LogP contribution is -2.31. The molecule has 0 amide bonds. The van der Waals surface area contributed by atoms with E-state index in [1.54, 1.807) is 0 Å². The lowest BCUT2D eigenvalue weighted by molar-refractivity contribution is 0.714. The first-order valence-electron chi connectivity index (χ1n) is 7.29. The zero-order valence-electron chi connectivity index (χ0n) is 12.7. The molecule has 1 aliphatic carbocycles. The van der Waals surface area contributed by atoms with Crippen LogP contribution in [0.5, 0.6) is 0 Å². The quantitative estimate of drug-likeness (QED) is 0.724. The fourth-order valence-electron chi connectivity index (χ4n) is 2.43. The Morgan fingerprint density at radius 3 is 2.75 bits per heavy atom. The van der Waals surface area contributed by atoms with Crippen molar-refractivity contribution in [1.82, 2.24) is 5.32 Å². The summed E-state index contributed by atoms with van der Waals surface area (Å²) in [5.41, 5.74) is 4.92. The summed E-state index contributed by atoms with van der Waals surface area (Å²) >= 11 is 0. The molecule has 1 aliphatic heterocycles. The van der Waals surface area contributed by atoms with Crippen molar-refractivity contribution >= 4 is 5.84 Å². The van der Waals surface area contributed by atoms with Crippen LogP contribution in [0.25, 0.3) is 0 Å². The number of rotatable bonds is 2. The van der Waals surface area contributed by atoms with Crippen LogP contribution in [-0.2, 0) is 0 Å². The lowest BCUT2D eigenvalue weighted by atomic mass is 9.95. The van der Waals surface area contributed by atoms with Gasteiger partial charge in [-0.3, -0.25) is 0 Å². The zero-order chi connectivity index (χ0) is 14.5. The summed E-state index contributed by atoms with van der Waals surface area (Å²) in [7, 11) is 0. The number of hydrogen-bond acceptors (Lipinski definition) is 2. The van der Waals surface area contributed by atoms with Gasteiger partial charge in [0, 0.05) is 23.7 Å². The normalized spacial score (nSPS) is 28.6. The summed E-state index contributed by atoms with van der Waals surface area (Å²) < 4.78 is 0. The third-order valence-corrected chi connectivity index (χ3v) is 3.79. The number of amidine groups is 1. The third kappa shape index (κ3) is 3.60. The van der Waals surface area contributed by atoms with Crippen LogP contribution in [0.3, 0.4) is 0 Å². The van der Waals surface area contributed by atoms with Crippen LogP contribution >= 0.6 is 0 Å². The van der Waals surface area contributed by atoms with Gasteiger partial charge in [0.25, 0.3) is 0 Å². The molecule has 1 atom stereocenters. The molecule has 2 aliphatic rings. The standard InChI is InChI=1S/C18H24N2/c1-5-16-12-14(3)18(19-15(16)4)20-17-9-7-6-8-13(2)10-11-17/h5-7,10-11,14H,1,8-9,12H2,2-4H3,(H,19,20)/b7-6?,13-10-,17-11+/t14-/m1/s1. The second kappa shape index (κ2) is 6.56. The third-order valence-electron chi connectivity index (χ3n) is 3.79. The maximum Gasteiger partial charge on any atom is 0.109 e. The molecular formula is C18H24N2. The van der Waals surface area contributed by atoms with Crippen LogP contribution in [0.1, 0.15) is 40.0 Å². The van der Waals surface area contributed by atoms with Crippen molar-refractivity contribution < 1.29 is 0 Å². The van der Waals surface area contributed by atoms with Crippen LogP contribution < -0.4 is 5.32 Å². The van der Waals surface area contributed by atoms with Crippen LogP contribution in [0.15, 0.2) is 64.5 Å². The lowest BCUT2D eigenvalue weighted by Gasteiger charge is -2.24. The number of hydrogen-bond donors (Lipinski definition) is 1. The van der Waals surface area contributed by atoms with Gasteiger partial charge in [0.2, 0.25) is 0 Å². The highest BCUT2D eigenvalue weighted by Gasteiger charge is 2.18. The van der Waals surface area contributed by atoms with Gasteiger partial charge in [0.15, 0.2) is 0 Å². The molecule has 2 nitrogen and oxygen atoms in total. The fraction of sp³-hybridized carbons (Fsp3) is 0.389. The van der Waals surface area contributed by atoms with Gasteiger partial charge in [0.1, 0.15) is 5.84 Å². The molecule has 0 saturated carbocycles. The molecule has 0 bridgehead atoms. The summed E-state index contributed by atoms with van der Waals surface area (Å²) in [4.78, 5) is 4.71. The van der Waals surface area contributed by atoms with Gasteiger partial charge in [0.05, 0.1) is 0 Å². The first-order chi connectivity index (χ1) is 9.60. The van der Waals surface area contributed by atoms with E-state index in [0.29, 0.717) is 5.92 Å². The highest BCUT2D eigenvalue weighted by molar-refractivity contribution is 5.88. The maximum absolute atomic E-state index is 4.71. The number of nitrogens with one attached hydrogen (secondary N) is 1. The number of nitrogens with zero attached hydrogens (tertiary/aromatic N) is 1. The average Bonchev–Trinajstić information content (AvgIpc) is 2.41. The smallest absolute Gasteiger partial charge is 0.109 e. The zero-order valence-corrected chi connectivity index (χ0v) is 12.7. The van der Waals surface area contributed by atoms with Crippen molar-refractivity contribution in [3.8, 4) is 0 Å². The molecule has 0 unspecified atom stereocenters. The van der Waals surface area contributed by atoms with Gasteiger partial charge in [-0.25, -0.2) is 4.99 Å². The first kappa shape index (κ1) is 14.6. The van der Waals surface area contributed by atoms with Crippen LogP contribution in [0.2, 0.25) is 0 Å². The Labute approximate surface area is 122 Å². The molecule has 1 heterocycles. The Hall–Kier alpha value is -1.83. The molecule has 0 spiro atoms. The van der Waals surface area contributed by atoms with E-state index >= 15 is 0 Å². The first-order valence-corrected chi connectivity index (χ1v) is 7.29. The van der Waals surface area contributed by atoms with E-state index in [-0.39, 0.29) is 0 Å². The Balaban J connectivity index is 2.19. The summed E-state index contributed by atoms with van der Waals surface area (Å²) in [6, 6.07) is 0. The van der Waals surface area contributed by atoms with Crippen LogP contribution in [0, 0.1) is 5.92 Å². The van der Waals surface area contributed by atoms with E-state index in [1.165, 1.54) is 16.8 Å². The van der Waals surface area contributed by atoms with Gasteiger partial charge in [-0.1, -0.05) is 43.4 Å². The number of allylic oxidation sites excluding steroid dienone is 8. The minimum absolute atomic E-state index is 0.409. The van der Waals surface area contributed by atoms with E-state index in [9.17, 15) is 0 Å². The topological polar surface area (TPSA) is 24.4 Å². The molecule has 2 rings (SSSR count). The van der Waals surface area contributed by atoms with Gasteiger partial charge in [-0.2, -0.15) is 0 Å². The second-order valence-corrected chi connectivity index (χ2v) is 5.63. The van der Waals surface area contributed by atoms with E-state index < -0.39 is 0 Å². The Morgan fingerprint density at radius 2 is 2.00 bits per heavy atom. The maximum atomic E-state index is 4.71. The molecule has 0 radical (unpaired) electrons. The van der Waals surface area contributed by atoms with Crippen LogP contribution in [-0.4, -0.2) is 5.84 Å². The molecule has 0 aromatic heterocycles. The molecule has 0 saturated heterocycles. The Bertz CT molecular complexity index is 542. The monoisotopic (exact) mass is 268 g/mol. The molecule has 20 heavy (non-hydrogen) atoms. The van der Waals surface area contributed by atoms with Crippen molar-refractivity contribution in [1.29, 1.82) is 0 Å². The summed E-state index contributed by atoms with van der Waals surface area (Å²) in [5, 5.41) is 3.52.